The van der Waals surface area contributed by atoms with E-state index in [1.165, 1.54) is 48.7 Å². The molecule has 7 nitrogen and oxygen atoms in total. The number of pyridine rings is 1. The molecule has 0 saturated carbocycles. The molecule has 2 atom stereocenters. The molecule has 0 aliphatic carbocycles. The molecule has 2 heterocycles. The molecular formula is C33H25F8N3O4. The topological polar surface area (TPSA) is 101 Å². The Morgan fingerprint density at radius 1 is 0.938 bits per heavy atom. The second kappa shape index (κ2) is 13.5. The number of amides is 1. The number of halogens is 8. The van der Waals surface area contributed by atoms with E-state index in [2.05, 4.69) is 4.98 Å². The van der Waals surface area contributed by atoms with Gasteiger partial charge < -0.3 is 20.5 Å². The molecule has 4 aromatic rings. The van der Waals surface area contributed by atoms with Gasteiger partial charge in [0.25, 0.3) is 5.91 Å². The van der Waals surface area contributed by atoms with E-state index in [9.17, 15) is 41.0 Å². The van der Waals surface area contributed by atoms with Crippen LogP contribution in [0.3, 0.4) is 0 Å². The average Bonchev–Trinajstić information content (AvgIpc) is 3.02. The van der Waals surface area contributed by atoms with Gasteiger partial charge in [-0.25, -0.2) is 13.6 Å². The standard InChI is InChI=1S/C33H25F8N3O4/c34-23-15-19(43-29(33(39,40)41)17-6-2-1-3-7-17)16-24(35)26(23)30(45)44-25(31(46)47)14-18-10-11-21(28-20(18)8-5-13-48-28)27-22(32(36,37)38)9-4-12-42-27/h1-4,6-7,9-12,15-16,25,29,43H,5,8,13-14H2,(H,44,45)(H,46,47). The number of fused-ring (bicyclic) bond motifs is 1. The van der Waals surface area contributed by atoms with Gasteiger partial charge in [0.15, 0.2) is 0 Å². The van der Waals surface area contributed by atoms with Crippen molar-refractivity contribution in [3.63, 3.8) is 0 Å². The number of aromatic nitrogens is 1. The Labute approximate surface area is 267 Å². The molecule has 2 unspecified atom stereocenters. The second-order valence-electron chi connectivity index (χ2n) is 10.8. The zero-order chi connectivity index (χ0) is 34.8. The summed E-state index contributed by atoms with van der Waals surface area (Å²) in [6, 6.07) is 8.01. The van der Waals surface area contributed by atoms with Crippen LogP contribution in [0.15, 0.2) is 72.9 Å². The van der Waals surface area contributed by atoms with E-state index in [0.717, 1.165) is 12.1 Å². The van der Waals surface area contributed by atoms with Crippen molar-refractivity contribution in [2.24, 2.45) is 0 Å². The molecule has 0 fully saturated rings. The van der Waals surface area contributed by atoms with E-state index >= 15 is 8.78 Å². The molecule has 15 heteroatoms. The lowest BCUT2D eigenvalue weighted by atomic mass is 9.90. The minimum atomic E-state index is -4.86. The number of rotatable bonds is 9. The summed E-state index contributed by atoms with van der Waals surface area (Å²) in [7, 11) is 0. The highest BCUT2D eigenvalue weighted by Crippen LogP contribution is 2.43. The van der Waals surface area contributed by atoms with Gasteiger partial charge in [-0.05, 0) is 59.9 Å². The summed E-state index contributed by atoms with van der Waals surface area (Å²) in [5, 5.41) is 13.9. The average molecular weight is 680 g/mol. The fourth-order valence-corrected chi connectivity index (χ4v) is 5.45. The molecule has 252 valence electrons. The van der Waals surface area contributed by atoms with Crippen LogP contribution in [0.2, 0.25) is 0 Å². The van der Waals surface area contributed by atoms with Crippen molar-refractivity contribution in [3.8, 4) is 17.0 Å². The van der Waals surface area contributed by atoms with E-state index in [1.54, 1.807) is 0 Å². The van der Waals surface area contributed by atoms with Crippen molar-refractivity contribution in [3.05, 3.63) is 112 Å². The molecule has 0 saturated heterocycles. The number of carboxylic acid groups (broad SMARTS) is 1. The Bertz CT molecular complexity index is 1810. The Hall–Kier alpha value is -5.21. The normalized spacial score (nSPS) is 14.3. The number of ether oxygens (including phenoxy) is 1. The predicted octanol–water partition coefficient (Wildman–Crippen LogP) is 7.51. The highest BCUT2D eigenvalue weighted by Gasteiger charge is 2.41. The van der Waals surface area contributed by atoms with Crippen LogP contribution in [-0.4, -0.2) is 40.8 Å². The zero-order valence-corrected chi connectivity index (χ0v) is 24.6. The number of carboxylic acids is 1. The molecule has 1 amide bonds. The Kier molecular flexibility index (Phi) is 9.59. The summed E-state index contributed by atoms with van der Waals surface area (Å²) >= 11 is 0. The molecule has 3 N–H and O–H groups in total. The lowest BCUT2D eigenvalue weighted by Crippen LogP contribution is -2.43. The maximum atomic E-state index is 15.1. The fourth-order valence-electron chi connectivity index (χ4n) is 5.45. The van der Waals surface area contributed by atoms with Gasteiger partial charge in [0.2, 0.25) is 0 Å². The van der Waals surface area contributed by atoms with Gasteiger partial charge in [-0.2, -0.15) is 26.3 Å². The van der Waals surface area contributed by atoms with Gasteiger partial charge in [0.1, 0.15) is 35.0 Å². The van der Waals surface area contributed by atoms with Gasteiger partial charge in [-0.1, -0.05) is 36.4 Å². The monoisotopic (exact) mass is 679 g/mol. The Morgan fingerprint density at radius 3 is 2.25 bits per heavy atom. The van der Waals surface area contributed by atoms with Gasteiger partial charge in [0.05, 0.1) is 17.9 Å². The third-order valence-corrected chi connectivity index (χ3v) is 7.61. The molecule has 1 aliphatic heterocycles. The number of aliphatic carboxylic acids is 1. The van der Waals surface area contributed by atoms with E-state index in [-0.39, 0.29) is 35.5 Å². The second-order valence-corrected chi connectivity index (χ2v) is 10.8. The third-order valence-electron chi connectivity index (χ3n) is 7.61. The maximum absolute atomic E-state index is 15.1. The minimum Gasteiger partial charge on any atom is -0.493 e. The summed E-state index contributed by atoms with van der Waals surface area (Å²) < 4.78 is 118. The first kappa shape index (κ1) is 34.1. The van der Waals surface area contributed by atoms with Crippen molar-refractivity contribution in [1.29, 1.82) is 0 Å². The predicted molar refractivity (Wildman–Crippen MR) is 156 cm³/mol. The first-order valence-electron chi connectivity index (χ1n) is 14.4. The maximum Gasteiger partial charge on any atom is 0.418 e. The molecule has 0 radical (unpaired) electrons. The summed E-state index contributed by atoms with van der Waals surface area (Å²) in [4.78, 5) is 29.0. The number of hydrogen-bond donors (Lipinski definition) is 3. The molecular weight excluding hydrogens is 654 g/mol. The summed E-state index contributed by atoms with van der Waals surface area (Å²) in [5.41, 5.74) is -2.82. The number of anilines is 1. The largest absolute Gasteiger partial charge is 0.493 e. The van der Waals surface area contributed by atoms with Gasteiger partial charge in [-0.3, -0.25) is 9.78 Å². The van der Waals surface area contributed by atoms with Gasteiger partial charge in [-0.15, -0.1) is 0 Å². The fraction of sp³-hybridized carbons (Fsp3) is 0.242. The number of nitrogens with zero attached hydrogens (tertiary/aromatic N) is 1. The Balaban J connectivity index is 1.40. The van der Waals surface area contributed by atoms with Crippen LogP contribution in [0.4, 0.5) is 40.8 Å². The summed E-state index contributed by atoms with van der Waals surface area (Å²) in [5.74, 6) is -6.15. The lowest BCUT2D eigenvalue weighted by molar-refractivity contribution is -0.144. The highest BCUT2D eigenvalue weighted by molar-refractivity contribution is 5.97. The van der Waals surface area contributed by atoms with Crippen molar-refractivity contribution in [2.45, 2.75) is 43.7 Å². The van der Waals surface area contributed by atoms with Crippen LogP contribution in [-0.2, 0) is 23.8 Å². The highest BCUT2D eigenvalue weighted by atomic mass is 19.4. The van der Waals surface area contributed by atoms with Crippen LogP contribution < -0.4 is 15.4 Å². The molecule has 0 bridgehead atoms. The zero-order valence-electron chi connectivity index (χ0n) is 24.6. The van der Waals surface area contributed by atoms with E-state index in [4.69, 9.17) is 4.74 Å². The van der Waals surface area contributed by atoms with Crippen LogP contribution in [0, 0.1) is 11.6 Å². The molecule has 0 spiro atoms. The van der Waals surface area contributed by atoms with E-state index < -0.39 is 76.9 Å². The third kappa shape index (κ3) is 7.34. The smallest absolute Gasteiger partial charge is 0.418 e. The molecule has 1 aromatic heterocycles. The minimum absolute atomic E-state index is 0.0233. The Morgan fingerprint density at radius 2 is 1.62 bits per heavy atom. The van der Waals surface area contributed by atoms with Crippen LogP contribution in [0.25, 0.3) is 11.3 Å². The van der Waals surface area contributed by atoms with Gasteiger partial charge >= 0.3 is 18.3 Å². The van der Waals surface area contributed by atoms with Crippen molar-refractivity contribution in [2.75, 3.05) is 11.9 Å². The molecule has 48 heavy (non-hydrogen) atoms. The van der Waals surface area contributed by atoms with Crippen molar-refractivity contribution >= 4 is 17.6 Å². The van der Waals surface area contributed by atoms with E-state index in [0.29, 0.717) is 24.1 Å². The van der Waals surface area contributed by atoms with Crippen LogP contribution in [0.5, 0.6) is 5.75 Å². The SMILES string of the molecule is O=C(NC(Cc1ccc(-c2ncccc2C(F)(F)F)c2c1CCCO2)C(=O)O)c1c(F)cc(NC(c2ccccc2)C(F)(F)F)cc1F. The first-order valence-corrected chi connectivity index (χ1v) is 14.4. The first-order chi connectivity index (χ1) is 22.6. The van der Waals surface area contributed by atoms with Crippen molar-refractivity contribution < 1.29 is 54.6 Å². The number of alkyl halides is 6. The summed E-state index contributed by atoms with van der Waals surface area (Å²) in [6.45, 7) is 0.162. The molecule has 5 rings (SSSR count). The lowest BCUT2D eigenvalue weighted by Gasteiger charge is -2.25. The molecule has 1 aliphatic rings. The van der Waals surface area contributed by atoms with Crippen LogP contribution in [0.1, 0.15) is 45.1 Å². The number of benzene rings is 3. The van der Waals surface area contributed by atoms with Crippen LogP contribution >= 0.6 is 0 Å². The molecule has 3 aromatic carbocycles. The number of hydrogen-bond acceptors (Lipinski definition) is 5. The number of carbonyl (C=O) groups excluding carboxylic acids is 1. The summed E-state index contributed by atoms with van der Waals surface area (Å²) in [6.07, 6.45) is -8.13. The number of carbonyl (C=O) groups is 2. The number of nitrogens with one attached hydrogen (secondary N) is 2. The van der Waals surface area contributed by atoms with Gasteiger partial charge in [0, 0.05) is 23.9 Å². The van der Waals surface area contributed by atoms with Crippen molar-refractivity contribution in [1.82, 2.24) is 10.3 Å². The quantitative estimate of drug-likeness (QED) is 0.158. The van der Waals surface area contributed by atoms with E-state index in [1.807, 2.05) is 10.6 Å².